The fourth-order valence-corrected chi connectivity index (χ4v) is 3.00. The van der Waals surface area contributed by atoms with Gasteiger partial charge in [-0.2, -0.15) is 0 Å². The molecule has 17 heavy (non-hydrogen) atoms. The van der Waals surface area contributed by atoms with Crippen molar-refractivity contribution in [3.05, 3.63) is 35.9 Å². The molecular formula is C12H20N2O2S. The molecule has 0 aliphatic rings. The minimum atomic E-state index is -3.23. The molecule has 0 heterocycles. The lowest BCUT2D eigenvalue weighted by Gasteiger charge is -2.17. The second kappa shape index (κ2) is 6.74. The van der Waals surface area contributed by atoms with Crippen LogP contribution in [0.3, 0.4) is 0 Å². The van der Waals surface area contributed by atoms with Crippen LogP contribution in [-0.4, -0.2) is 20.7 Å². The summed E-state index contributed by atoms with van der Waals surface area (Å²) in [5.74, 6) is 0.160. The molecule has 4 nitrogen and oxygen atoms in total. The molecule has 0 radical (unpaired) electrons. The van der Waals surface area contributed by atoms with Crippen LogP contribution in [0.25, 0.3) is 0 Å². The van der Waals surface area contributed by atoms with Gasteiger partial charge in [-0.3, -0.25) is 0 Å². The smallest absolute Gasteiger partial charge is 0.212 e. The highest BCUT2D eigenvalue weighted by Crippen LogP contribution is 2.12. The molecular weight excluding hydrogens is 236 g/mol. The molecule has 1 rings (SSSR count). The van der Waals surface area contributed by atoms with E-state index in [-0.39, 0.29) is 18.3 Å². The summed E-state index contributed by atoms with van der Waals surface area (Å²) in [6, 6.07) is 9.05. The third kappa shape index (κ3) is 4.85. The lowest BCUT2D eigenvalue weighted by molar-refractivity contribution is 0.555. The number of hydrogen-bond acceptors (Lipinski definition) is 3. The maximum absolute atomic E-state index is 11.8. The molecule has 1 aromatic carbocycles. The van der Waals surface area contributed by atoms with E-state index in [1.165, 1.54) is 0 Å². The molecule has 0 amide bonds. The van der Waals surface area contributed by atoms with Gasteiger partial charge in [0.25, 0.3) is 0 Å². The van der Waals surface area contributed by atoms with Gasteiger partial charge >= 0.3 is 0 Å². The van der Waals surface area contributed by atoms with Crippen LogP contribution in [0.1, 0.15) is 31.4 Å². The first kappa shape index (κ1) is 14.2. The number of nitrogens with two attached hydrogens (primary N) is 1. The molecule has 1 atom stereocenters. The molecule has 0 bridgehead atoms. The summed E-state index contributed by atoms with van der Waals surface area (Å²) >= 11 is 0. The molecule has 3 N–H and O–H groups in total. The predicted octanol–water partition coefficient (Wildman–Crippen LogP) is 1.41. The summed E-state index contributed by atoms with van der Waals surface area (Å²) in [5, 5.41) is 0. The van der Waals surface area contributed by atoms with E-state index in [0.717, 1.165) is 12.0 Å². The largest absolute Gasteiger partial charge is 0.329 e. The number of benzene rings is 1. The Morgan fingerprint density at radius 3 is 2.47 bits per heavy atom. The molecule has 0 aliphatic carbocycles. The molecule has 0 saturated heterocycles. The third-order valence-corrected chi connectivity index (χ3v) is 4.00. The second-order valence-electron chi connectivity index (χ2n) is 3.99. The second-order valence-corrected chi connectivity index (χ2v) is 5.86. The first-order valence-corrected chi connectivity index (χ1v) is 7.49. The molecule has 0 spiro atoms. The molecule has 1 aromatic rings. The van der Waals surface area contributed by atoms with Gasteiger partial charge in [0.1, 0.15) is 0 Å². The van der Waals surface area contributed by atoms with E-state index in [2.05, 4.69) is 4.72 Å². The normalized spacial score (nSPS) is 13.5. The zero-order valence-electron chi connectivity index (χ0n) is 10.1. The van der Waals surface area contributed by atoms with Gasteiger partial charge in [0.05, 0.1) is 11.8 Å². The summed E-state index contributed by atoms with van der Waals surface area (Å²) in [6.07, 6.45) is 1.53. The molecule has 5 heteroatoms. The molecule has 0 aliphatic heterocycles. The Bertz CT molecular complexity index is 417. The van der Waals surface area contributed by atoms with Crippen LogP contribution in [0.4, 0.5) is 0 Å². The van der Waals surface area contributed by atoms with Crippen LogP contribution in [0.5, 0.6) is 0 Å². The van der Waals surface area contributed by atoms with Crippen molar-refractivity contribution in [1.82, 2.24) is 4.72 Å². The molecule has 0 fully saturated rings. The van der Waals surface area contributed by atoms with Crippen LogP contribution >= 0.6 is 0 Å². The third-order valence-electron chi connectivity index (χ3n) is 2.53. The van der Waals surface area contributed by atoms with Crippen molar-refractivity contribution in [2.24, 2.45) is 5.73 Å². The summed E-state index contributed by atoms with van der Waals surface area (Å²) in [6.45, 7) is 2.22. The van der Waals surface area contributed by atoms with Crippen molar-refractivity contribution in [3.8, 4) is 0 Å². The minimum Gasteiger partial charge on any atom is -0.329 e. The lowest BCUT2D eigenvalue weighted by Crippen LogP contribution is -2.34. The molecule has 0 aromatic heterocycles. The zero-order valence-corrected chi connectivity index (χ0v) is 10.9. The Balaban J connectivity index is 2.71. The van der Waals surface area contributed by atoms with Crippen molar-refractivity contribution in [2.75, 3.05) is 12.3 Å². The summed E-state index contributed by atoms with van der Waals surface area (Å²) in [4.78, 5) is 0. The highest BCUT2D eigenvalue weighted by molar-refractivity contribution is 7.89. The standard InChI is InChI=1S/C12H20N2O2S/c1-2-3-9-17(15,16)14-12(10-13)11-7-5-4-6-8-11/h4-8,12,14H,2-3,9-10,13H2,1H3. The van der Waals surface area contributed by atoms with Crippen molar-refractivity contribution in [2.45, 2.75) is 25.8 Å². The van der Waals surface area contributed by atoms with Crippen molar-refractivity contribution >= 4 is 10.0 Å². The van der Waals surface area contributed by atoms with E-state index >= 15 is 0 Å². The van der Waals surface area contributed by atoms with Crippen molar-refractivity contribution < 1.29 is 8.42 Å². The van der Waals surface area contributed by atoms with Crippen LogP contribution < -0.4 is 10.5 Å². The minimum absolute atomic E-state index is 0.160. The van der Waals surface area contributed by atoms with Gasteiger partial charge in [-0.05, 0) is 12.0 Å². The number of nitrogens with one attached hydrogen (secondary N) is 1. The Morgan fingerprint density at radius 1 is 1.29 bits per heavy atom. The maximum Gasteiger partial charge on any atom is 0.212 e. The van der Waals surface area contributed by atoms with Gasteiger partial charge in [0.2, 0.25) is 10.0 Å². The highest BCUT2D eigenvalue weighted by Gasteiger charge is 2.17. The summed E-state index contributed by atoms with van der Waals surface area (Å²) in [7, 11) is -3.23. The fraction of sp³-hybridized carbons (Fsp3) is 0.500. The molecule has 1 unspecified atom stereocenters. The van der Waals surface area contributed by atoms with Gasteiger partial charge in [-0.15, -0.1) is 0 Å². The van der Waals surface area contributed by atoms with E-state index in [1.807, 2.05) is 37.3 Å². The average Bonchev–Trinajstić information content (AvgIpc) is 2.35. The van der Waals surface area contributed by atoms with E-state index < -0.39 is 10.0 Å². The van der Waals surface area contributed by atoms with Gasteiger partial charge in [0.15, 0.2) is 0 Å². The molecule has 96 valence electrons. The number of rotatable bonds is 7. The van der Waals surface area contributed by atoms with Crippen LogP contribution in [0.15, 0.2) is 30.3 Å². The first-order chi connectivity index (χ1) is 8.09. The highest BCUT2D eigenvalue weighted by atomic mass is 32.2. The number of sulfonamides is 1. The van der Waals surface area contributed by atoms with Crippen LogP contribution in [0.2, 0.25) is 0 Å². The van der Waals surface area contributed by atoms with Gasteiger partial charge in [-0.1, -0.05) is 43.7 Å². The predicted molar refractivity (Wildman–Crippen MR) is 70.1 cm³/mol. The number of hydrogen-bond donors (Lipinski definition) is 2. The van der Waals surface area contributed by atoms with Crippen molar-refractivity contribution in [1.29, 1.82) is 0 Å². The van der Waals surface area contributed by atoms with Crippen molar-refractivity contribution in [3.63, 3.8) is 0 Å². The van der Waals surface area contributed by atoms with Gasteiger partial charge in [0, 0.05) is 6.54 Å². The topological polar surface area (TPSA) is 72.2 Å². The monoisotopic (exact) mass is 256 g/mol. The van der Waals surface area contributed by atoms with E-state index in [4.69, 9.17) is 5.73 Å². The lowest BCUT2D eigenvalue weighted by atomic mass is 10.1. The fourth-order valence-electron chi connectivity index (χ4n) is 1.55. The quantitative estimate of drug-likeness (QED) is 0.774. The summed E-state index contributed by atoms with van der Waals surface area (Å²) in [5.41, 5.74) is 6.51. The first-order valence-electron chi connectivity index (χ1n) is 5.84. The van der Waals surface area contributed by atoms with E-state index in [1.54, 1.807) is 0 Å². The van der Waals surface area contributed by atoms with Gasteiger partial charge < -0.3 is 5.73 Å². The number of unbranched alkanes of at least 4 members (excludes halogenated alkanes) is 1. The SMILES string of the molecule is CCCCS(=O)(=O)NC(CN)c1ccccc1. The Kier molecular flexibility index (Phi) is 5.61. The Morgan fingerprint density at radius 2 is 1.94 bits per heavy atom. The van der Waals surface area contributed by atoms with E-state index in [9.17, 15) is 8.42 Å². The zero-order chi connectivity index (χ0) is 12.7. The summed E-state index contributed by atoms with van der Waals surface area (Å²) < 4.78 is 26.2. The van der Waals surface area contributed by atoms with E-state index in [0.29, 0.717) is 6.42 Å². The van der Waals surface area contributed by atoms with Crippen LogP contribution in [0, 0.1) is 0 Å². The Labute approximate surface area is 103 Å². The molecule has 0 saturated carbocycles. The van der Waals surface area contributed by atoms with Gasteiger partial charge in [-0.25, -0.2) is 13.1 Å². The van der Waals surface area contributed by atoms with Crippen LogP contribution in [-0.2, 0) is 10.0 Å². The average molecular weight is 256 g/mol. The Hall–Kier alpha value is -0.910. The maximum atomic E-state index is 11.8.